The molecule has 0 spiro atoms. The predicted octanol–water partition coefficient (Wildman–Crippen LogP) is 0.429. The van der Waals surface area contributed by atoms with Crippen molar-refractivity contribution < 1.29 is 4.79 Å². The molecule has 0 fully saturated rings. The van der Waals surface area contributed by atoms with Gasteiger partial charge < -0.3 is 10.2 Å². The minimum Gasteiger partial charge on any atom is -0.354 e. The maximum absolute atomic E-state index is 11.4. The van der Waals surface area contributed by atoms with E-state index >= 15 is 0 Å². The van der Waals surface area contributed by atoms with Crippen molar-refractivity contribution >= 4 is 5.91 Å². The summed E-state index contributed by atoms with van der Waals surface area (Å²) in [7, 11) is 3.72. The second-order valence-electron chi connectivity index (χ2n) is 3.91. The molecule has 1 aliphatic heterocycles. The van der Waals surface area contributed by atoms with E-state index in [1.54, 1.807) is 7.05 Å². The van der Waals surface area contributed by atoms with Gasteiger partial charge in [0, 0.05) is 26.3 Å². The highest BCUT2D eigenvalue weighted by Crippen LogP contribution is 2.17. The summed E-state index contributed by atoms with van der Waals surface area (Å²) in [4.78, 5) is 17.8. The Morgan fingerprint density at radius 2 is 2.33 bits per heavy atom. The summed E-state index contributed by atoms with van der Waals surface area (Å²) in [6.07, 6.45) is 2.81. The first-order chi connectivity index (χ1) is 7.20. The molecule has 15 heavy (non-hydrogen) atoms. The summed E-state index contributed by atoms with van der Waals surface area (Å²) in [5.41, 5.74) is 3.00. The lowest BCUT2D eigenvalue weighted by molar-refractivity contribution is 0.0958. The SMILES string of the molecule is CNC(=O)c1cc2c(cn1)CN(C)CC2. The number of pyridine rings is 1. The summed E-state index contributed by atoms with van der Waals surface area (Å²) in [5.74, 6) is -0.114. The first kappa shape index (κ1) is 10.1. The standard InChI is InChI=1S/C11H15N3O/c1-12-11(15)10-5-8-3-4-14(2)7-9(8)6-13-10/h5-6H,3-4,7H2,1-2H3,(H,12,15). The molecule has 80 valence electrons. The summed E-state index contributed by atoms with van der Waals surface area (Å²) in [6, 6.07) is 1.90. The van der Waals surface area contributed by atoms with E-state index in [1.165, 1.54) is 11.1 Å². The third-order valence-electron chi connectivity index (χ3n) is 2.75. The minimum atomic E-state index is -0.114. The van der Waals surface area contributed by atoms with E-state index in [2.05, 4.69) is 22.2 Å². The van der Waals surface area contributed by atoms with Crippen LogP contribution in [0, 0.1) is 0 Å². The molecule has 1 aromatic rings. The van der Waals surface area contributed by atoms with Crippen molar-refractivity contribution in [1.82, 2.24) is 15.2 Å². The summed E-state index contributed by atoms with van der Waals surface area (Å²) >= 11 is 0. The Kier molecular flexibility index (Phi) is 2.68. The Bertz CT molecular complexity index is 389. The molecular formula is C11H15N3O. The van der Waals surface area contributed by atoms with Crippen molar-refractivity contribution in [3.8, 4) is 0 Å². The molecule has 1 aliphatic rings. The lowest BCUT2D eigenvalue weighted by Crippen LogP contribution is -2.27. The summed E-state index contributed by atoms with van der Waals surface area (Å²) in [6.45, 7) is 1.97. The zero-order chi connectivity index (χ0) is 10.8. The van der Waals surface area contributed by atoms with E-state index in [1.807, 2.05) is 12.3 Å². The van der Waals surface area contributed by atoms with E-state index < -0.39 is 0 Å². The second-order valence-corrected chi connectivity index (χ2v) is 3.91. The Labute approximate surface area is 89.3 Å². The van der Waals surface area contributed by atoms with Gasteiger partial charge in [-0.25, -0.2) is 0 Å². The molecule has 0 saturated carbocycles. The normalized spacial score (nSPS) is 15.9. The van der Waals surface area contributed by atoms with Gasteiger partial charge >= 0.3 is 0 Å². The van der Waals surface area contributed by atoms with Crippen LogP contribution in [-0.4, -0.2) is 36.4 Å². The highest BCUT2D eigenvalue weighted by Gasteiger charge is 2.15. The molecule has 0 aliphatic carbocycles. The average Bonchev–Trinajstić information content (AvgIpc) is 2.27. The molecule has 1 aromatic heterocycles. The number of nitrogens with zero attached hydrogens (tertiary/aromatic N) is 2. The van der Waals surface area contributed by atoms with Crippen LogP contribution in [-0.2, 0) is 13.0 Å². The molecule has 0 aromatic carbocycles. The smallest absolute Gasteiger partial charge is 0.269 e. The molecule has 0 radical (unpaired) electrons. The molecule has 1 N–H and O–H groups in total. The van der Waals surface area contributed by atoms with Gasteiger partial charge in [0.1, 0.15) is 5.69 Å². The van der Waals surface area contributed by atoms with E-state index in [-0.39, 0.29) is 5.91 Å². The van der Waals surface area contributed by atoms with Gasteiger partial charge in [-0.15, -0.1) is 0 Å². The number of amides is 1. The number of likely N-dealkylation sites (N-methyl/N-ethyl adjacent to an activating group) is 1. The summed E-state index contributed by atoms with van der Waals surface area (Å²) < 4.78 is 0. The number of carbonyl (C=O) groups excluding carboxylic acids is 1. The van der Waals surface area contributed by atoms with Gasteiger partial charge in [0.25, 0.3) is 5.91 Å². The fraction of sp³-hybridized carbons (Fsp3) is 0.455. The van der Waals surface area contributed by atoms with Crippen LogP contribution in [0.4, 0.5) is 0 Å². The second kappa shape index (κ2) is 3.98. The Balaban J connectivity index is 2.30. The molecule has 0 saturated heterocycles. The van der Waals surface area contributed by atoms with Crippen molar-refractivity contribution in [1.29, 1.82) is 0 Å². The van der Waals surface area contributed by atoms with Crippen molar-refractivity contribution in [3.63, 3.8) is 0 Å². The zero-order valence-electron chi connectivity index (χ0n) is 9.08. The number of carbonyl (C=O) groups is 1. The molecular weight excluding hydrogens is 190 g/mol. The number of hydrogen-bond acceptors (Lipinski definition) is 3. The highest BCUT2D eigenvalue weighted by atomic mass is 16.1. The van der Waals surface area contributed by atoms with Crippen molar-refractivity contribution in [2.24, 2.45) is 0 Å². The maximum atomic E-state index is 11.4. The van der Waals surface area contributed by atoms with Crippen molar-refractivity contribution in [3.05, 3.63) is 29.1 Å². The van der Waals surface area contributed by atoms with E-state index in [4.69, 9.17) is 0 Å². The fourth-order valence-corrected chi connectivity index (χ4v) is 1.83. The summed E-state index contributed by atoms with van der Waals surface area (Å²) in [5, 5.41) is 2.58. The van der Waals surface area contributed by atoms with Crippen LogP contribution < -0.4 is 5.32 Å². The Morgan fingerprint density at radius 1 is 1.53 bits per heavy atom. The monoisotopic (exact) mass is 205 g/mol. The quantitative estimate of drug-likeness (QED) is 0.723. The Morgan fingerprint density at radius 3 is 3.07 bits per heavy atom. The third kappa shape index (κ3) is 1.99. The molecule has 4 nitrogen and oxygen atoms in total. The van der Waals surface area contributed by atoms with Crippen LogP contribution in [0.1, 0.15) is 21.6 Å². The predicted molar refractivity (Wildman–Crippen MR) is 57.7 cm³/mol. The van der Waals surface area contributed by atoms with Gasteiger partial charge in [0.05, 0.1) is 0 Å². The van der Waals surface area contributed by atoms with Crippen molar-refractivity contribution in [2.75, 3.05) is 20.6 Å². The Hall–Kier alpha value is -1.42. The lowest BCUT2D eigenvalue weighted by Gasteiger charge is -2.24. The van der Waals surface area contributed by atoms with Crippen LogP contribution in [0.2, 0.25) is 0 Å². The van der Waals surface area contributed by atoms with Crippen LogP contribution in [0.5, 0.6) is 0 Å². The molecule has 2 rings (SSSR count). The highest BCUT2D eigenvalue weighted by molar-refractivity contribution is 5.92. The van der Waals surface area contributed by atoms with Gasteiger partial charge in [-0.1, -0.05) is 0 Å². The molecule has 0 atom stereocenters. The van der Waals surface area contributed by atoms with Gasteiger partial charge in [-0.2, -0.15) is 0 Å². The molecule has 0 unspecified atom stereocenters. The zero-order valence-corrected chi connectivity index (χ0v) is 9.08. The van der Waals surface area contributed by atoms with Crippen molar-refractivity contribution in [2.45, 2.75) is 13.0 Å². The maximum Gasteiger partial charge on any atom is 0.269 e. The number of aromatic nitrogens is 1. The fourth-order valence-electron chi connectivity index (χ4n) is 1.83. The first-order valence-corrected chi connectivity index (χ1v) is 5.09. The van der Waals surface area contributed by atoms with Gasteiger partial charge in [-0.3, -0.25) is 9.78 Å². The molecule has 1 amide bonds. The number of hydrogen-bond donors (Lipinski definition) is 1. The van der Waals surface area contributed by atoms with E-state index in [0.717, 1.165) is 19.5 Å². The van der Waals surface area contributed by atoms with Crippen LogP contribution in [0.15, 0.2) is 12.3 Å². The number of nitrogens with one attached hydrogen (secondary N) is 1. The van der Waals surface area contributed by atoms with Gasteiger partial charge in [-0.05, 0) is 30.7 Å². The third-order valence-corrected chi connectivity index (χ3v) is 2.75. The van der Waals surface area contributed by atoms with Crippen LogP contribution in [0.3, 0.4) is 0 Å². The van der Waals surface area contributed by atoms with Crippen LogP contribution in [0.25, 0.3) is 0 Å². The molecule has 2 heterocycles. The topological polar surface area (TPSA) is 45.2 Å². The largest absolute Gasteiger partial charge is 0.354 e. The lowest BCUT2D eigenvalue weighted by atomic mass is 10.0. The van der Waals surface area contributed by atoms with E-state index in [9.17, 15) is 4.79 Å². The van der Waals surface area contributed by atoms with Gasteiger partial charge in [0.2, 0.25) is 0 Å². The molecule has 0 bridgehead atoms. The van der Waals surface area contributed by atoms with Crippen LogP contribution >= 0.6 is 0 Å². The van der Waals surface area contributed by atoms with E-state index in [0.29, 0.717) is 5.69 Å². The first-order valence-electron chi connectivity index (χ1n) is 5.09. The minimum absolute atomic E-state index is 0.114. The number of fused-ring (bicyclic) bond motifs is 1. The van der Waals surface area contributed by atoms with Gasteiger partial charge in [0.15, 0.2) is 0 Å². The average molecular weight is 205 g/mol. The molecule has 4 heteroatoms. The number of rotatable bonds is 1.